The van der Waals surface area contributed by atoms with Crippen LogP contribution in [0.1, 0.15) is 46.0 Å². The number of carbonyl (C=O) groups excluding carboxylic acids is 2. The first-order valence-corrected chi connectivity index (χ1v) is 5.90. The van der Waals surface area contributed by atoms with Crippen LogP contribution < -0.4 is 5.32 Å². The Morgan fingerprint density at radius 2 is 1.80 bits per heavy atom. The Balaban J connectivity index is 2.23. The summed E-state index contributed by atoms with van der Waals surface area (Å²) in [5.41, 5.74) is 0. The normalized spacial score (nSPS) is 26.0. The van der Waals surface area contributed by atoms with Crippen molar-refractivity contribution >= 4 is 11.7 Å². The number of amides is 1. The fourth-order valence-electron chi connectivity index (χ4n) is 2.27. The maximum atomic E-state index is 11.5. The summed E-state index contributed by atoms with van der Waals surface area (Å²) in [5, 5.41) is 2.85. The van der Waals surface area contributed by atoms with Crippen molar-refractivity contribution in [3.05, 3.63) is 0 Å². The standard InChI is InChI=1S/C12H21NO2/c1-3-12(15)11-6-4-10(5-7-11)8-13-9(2)14/h10-11H,3-8H2,1-2H3,(H,13,14). The largest absolute Gasteiger partial charge is 0.356 e. The molecule has 86 valence electrons. The molecule has 1 aliphatic carbocycles. The lowest BCUT2D eigenvalue weighted by atomic mass is 9.79. The lowest BCUT2D eigenvalue weighted by molar-refractivity contribution is -0.124. The summed E-state index contributed by atoms with van der Waals surface area (Å²) in [7, 11) is 0. The van der Waals surface area contributed by atoms with E-state index in [0.717, 1.165) is 32.2 Å². The summed E-state index contributed by atoms with van der Waals surface area (Å²) in [6.07, 6.45) is 4.85. The molecule has 0 spiro atoms. The molecule has 0 saturated heterocycles. The van der Waals surface area contributed by atoms with E-state index in [-0.39, 0.29) is 5.91 Å². The fraction of sp³-hybridized carbons (Fsp3) is 0.833. The van der Waals surface area contributed by atoms with E-state index in [1.807, 2.05) is 6.92 Å². The number of nitrogens with one attached hydrogen (secondary N) is 1. The van der Waals surface area contributed by atoms with Crippen LogP contribution in [-0.4, -0.2) is 18.2 Å². The summed E-state index contributed by atoms with van der Waals surface area (Å²) in [6, 6.07) is 0. The van der Waals surface area contributed by atoms with Gasteiger partial charge in [0.15, 0.2) is 0 Å². The Hall–Kier alpha value is -0.860. The summed E-state index contributed by atoms with van der Waals surface area (Å²) in [5.74, 6) is 1.33. The second-order valence-electron chi connectivity index (χ2n) is 4.47. The third-order valence-electron chi connectivity index (χ3n) is 3.29. The van der Waals surface area contributed by atoms with Gasteiger partial charge in [-0.25, -0.2) is 0 Å². The highest BCUT2D eigenvalue weighted by Gasteiger charge is 2.24. The molecule has 0 aromatic carbocycles. The Labute approximate surface area is 91.6 Å². The molecule has 0 aliphatic heterocycles. The molecular weight excluding hydrogens is 190 g/mol. The average molecular weight is 211 g/mol. The van der Waals surface area contributed by atoms with Crippen LogP contribution in [0.5, 0.6) is 0 Å². The first-order chi connectivity index (χ1) is 7.13. The van der Waals surface area contributed by atoms with Crippen molar-refractivity contribution in [3.8, 4) is 0 Å². The van der Waals surface area contributed by atoms with Crippen molar-refractivity contribution in [1.82, 2.24) is 5.32 Å². The molecule has 1 aliphatic rings. The zero-order valence-electron chi connectivity index (χ0n) is 9.71. The van der Waals surface area contributed by atoms with Crippen molar-refractivity contribution in [1.29, 1.82) is 0 Å². The van der Waals surface area contributed by atoms with Crippen molar-refractivity contribution in [3.63, 3.8) is 0 Å². The smallest absolute Gasteiger partial charge is 0.216 e. The zero-order valence-corrected chi connectivity index (χ0v) is 9.71. The molecule has 0 heterocycles. The third-order valence-corrected chi connectivity index (χ3v) is 3.29. The fourth-order valence-corrected chi connectivity index (χ4v) is 2.27. The van der Waals surface area contributed by atoms with Crippen molar-refractivity contribution in [2.24, 2.45) is 11.8 Å². The molecule has 1 rings (SSSR count). The van der Waals surface area contributed by atoms with E-state index >= 15 is 0 Å². The van der Waals surface area contributed by atoms with Gasteiger partial charge in [0.2, 0.25) is 5.91 Å². The molecule has 3 heteroatoms. The van der Waals surface area contributed by atoms with E-state index in [2.05, 4.69) is 5.32 Å². The Morgan fingerprint density at radius 3 is 2.27 bits per heavy atom. The Morgan fingerprint density at radius 1 is 1.20 bits per heavy atom. The van der Waals surface area contributed by atoms with Gasteiger partial charge >= 0.3 is 0 Å². The number of hydrogen-bond donors (Lipinski definition) is 1. The minimum Gasteiger partial charge on any atom is -0.356 e. The molecule has 0 aromatic heterocycles. The van der Waals surface area contributed by atoms with Crippen LogP contribution in [0.3, 0.4) is 0 Å². The molecule has 15 heavy (non-hydrogen) atoms. The van der Waals surface area contributed by atoms with Crippen molar-refractivity contribution in [2.45, 2.75) is 46.0 Å². The van der Waals surface area contributed by atoms with Crippen LogP contribution >= 0.6 is 0 Å². The Kier molecular flexibility index (Phi) is 4.79. The lowest BCUT2D eigenvalue weighted by Crippen LogP contribution is -2.30. The molecule has 0 radical (unpaired) electrons. The molecule has 1 fully saturated rings. The molecule has 1 N–H and O–H groups in total. The maximum Gasteiger partial charge on any atom is 0.216 e. The van der Waals surface area contributed by atoms with Crippen LogP contribution in [0.4, 0.5) is 0 Å². The third kappa shape index (κ3) is 4.02. The van der Waals surface area contributed by atoms with E-state index in [9.17, 15) is 9.59 Å². The van der Waals surface area contributed by atoms with Gasteiger partial charge in [-0.3, -0.25) is 9.59 Å². The highest BCUT2D eigenvalue weighted by atomic mass is 16.1. The van der Waals surface area contributed by atoms with Gasteiger partial charge in [0, 0.05) is 25.8 Å². The van der Waals surface area contributed by atoms with Gasteiger partial charge < -0.3 is 5.32 Å². The van der Waals surface area contributed by atoms with Crippen molar-refractivity contribution in [2.75, 3.05) is 6.54 Å². The first-order valence-electron chi connectivity index (χ1n) is 5.90. The van der Waals surface area contributed by atoms with E-state index in [1.54, 1.807) is 6.92 Å². The molecule has 1 saturated carbocycles. The molecule has 0 unspecified atom stereocenters. The molecule has 0 aromatic rings. The van der Waals surface area contributed by atoms with Gasteiger partial charge in [0.1, 0.15) is 5.78 Å². The SMILES string of the molecule is CCC(=O)C1CCC(CNC(C)=O)CC1. The van der Waals surface area contributed by atoms with Crippen LogP contribution in [0.2, 0.25) is 0 Å². The average Bonchev–Trinajstić information content (AvgIpc) is 2.26. The zero-order chi connectivity index (χ0) is 11.3. The minimum atomic E-state index is 0.0433. The monoisotopic (exact) mass is 211 g/mol. The molecule has 0 bridgehead atoms. The van der Waals surface area contributed by atoms with Crippen LogP contribution in [-0.2, 0) is 9.59 Å². The minimum absolute atomic E-state index is 0.0433. The summed E-state index contributed by atoms with van der Waals surface area (Å²) in [6.45, 7) is 4.26. The Bertz CT molecular complexity index is 230. The van der Waals surface area contributed by atoms with Crippen LogP contribution in [0.15, 0.2) is 0 Å². The maximum absolute atomic E-state index is 11.5. The van der Waals surface area contributed by atoms with Crippen molar-refractivity contribution < 1.29 is 9.59 Å². The predicted octanol–water partition coefficient (Wildman–Crippen LogP) is 1.91. The number of carbonyl (C=O) groups is 2. The summed E-state index contributed by atoms with van der Waals surface area (Å²) >= 11 is 0. The van der Waals surface area contributed by atoms with Crippen LogP contribution in [0, 0.1) is 11.8 Å². The summed E-state index contributed by atoms with van der Waals surface area (Å²) in [4.78, 5) is 22.2. The van der Waals surface area contributed by atoms with Gasteiger partial charge in [-0.1, -0.05) is 6.92 Å². The predicted molar refractivity (Wildman–Crippen MR) is 59.4 cm³/mol. The second-order valence-corrected chi connectivity index (χ2v) is 4.47. The van der Waals surface area contributed by atoms with Crippen LogP contribution in [0.25, 0.3) is 0 Å². The van der Waals surface area contributed by atoms with E-state index in [0.29, 0.717) is 24.0 Å². The van der Waals surface area contributed by atoms with E-state index in [1.165, 1.54) is 0 Å². The van der Waals surface area contributed by atoms with Gasteiger partial charge in [-0.2, -0.15) is 0 Å². The molecular formula is C12H21NO2. The molecule has 0 atom stereocenters. The van der Waals surface area contributed by atoms with Gasteiger partial charge in [0.25, 0.3) is 0 Å². The van der Waals surface area contributed by atoms with Gasteiger partial charge in [-0.15, -0.1) is 0 Å². The van der Waals surface area contributed by atoms with Gasteiger partial charge in [0.05, 0.1) is 0 Å². The quantitative estimate of drug-likeness (QED) is 0.772. The first kappa shape index (κ1) is 12.2. The second kappa shape index (κ2) is 5.89. The highest BCUT2D eigenvalue weighted by Crippen LogP contribution is 2.29. The highest BCUT2D eigenvalue weighted by molar-refractivity contribution is 5.80. The summed E-state index contributed by atoms with van der Waals surface area (Å²) < 4.78 is 0. The number of rotatable bonds is 4. The lowest BCUT2D eigenvalue weighted by Gasteiger charge is -2.27. The van der Waals surface area contributed by atoms with Gasteiger partial charge in [-0.05, 0) is 31.6 Å². The van der Waals surface area contributed by atoms with E-state index < -0.39 is 0 Å². The topological polar surface area (TPSA) is 46.2 Å². The number of ketones is 1. The number of hydrogen-bond acceptors (Lipinski definition) is 2. The van der Waals surface area contributed by atoms with E-state index in [4.69, 9.17) is 0 Å². The molecule has 1 amide bonds. The number of Topliss-reactive ketones (excluding diaryl/α,β-unsaturated/α-hetero) is 1. The molecule has 3 nitrogen and oxygen atoms in total.